The Labute approximate surface area is 485 Å². The molecule has 3 N–H and O–H groups in total. The van der Waals surface area contributed by atoms with Crippen LogP contribution in [0.25, 0.3) is 27.0 Å². The topological polar surface area (TPSA) is 248 Å². The molecule has 2 saturated heterocycles. The third-order valence-corrected chi connectivity index (χ3v) is 17.4. The van der Waals surface area contributed by atoms with Crippen molar-refractivity contribution in [3.8, 4) is 11.5 Å². The minimum Gasteiger partial charge on any atom is -0.497 e. The van der Waals surface area contributed by atoms with E-state index in [1.165, 1.54) is 24.3 Å². The molecule has 2 fully saturated rings. The lowest BCUT2D eigenvalue weighted by molar-refractivity contribution is -0.118. The van der Waals surface area contributed by atoms with Gasteiger partial charge in [0.2, 0.25) is 18.4 Å². The monoisotopic (exact) mass is 1190 g/mol. The van der Waals surface area contributed by atoms with E-state index in [1.54, 1.807) is 82.7 Å². The Morgan fingerprint density at radius 3 is 2.13 bits per heavy atom. The molecule has 22 nitrogen and oxygen atoms in total. The van der Waals surface area contributed by atoms with Crippen molar-refractivity contribution in [3.63, 3.8) is 0 Å². The summed E-state index contributed by atoms with van der Waals surface area (Å²) in [5, 5.41) is 5.45. The SMILES string of the molecule is [C-]#[N+]CCOP(=S)(OC[C@H]1O[C@@H](n2cnc3c(NC(=O)c4ccccc4)ncnc32)[C@H](F)[C@@H]1OC(c1ccccc1)(c1ccc(OC)cc1)c1ccc(OC)cc1)O[C@@H]1[C@H](OC)[C@@H](CC)O[C@H]1c1snc2c(=O)[nH]c(NC(=O)C(C)C)nc12. The lowest BCUT2D eigenvalue weighted by Crippen LogP contribution is -2.44. The van der Waals surface area contributed by atoms with E-state index in [0.717, 1.165) is 11.5 Å². The maximum atomic E-state index is 18.6. The van der Waals surface area contributed by atoms with Gasteiger partial charge in [0, 0.05) is 18.6 Å². The number of methoxy groups -OCH3 is 3. The van der Waals surface area contributed by atoms with Crippen LogP contribution in [0.5, 0.6) is 11.5 Å². The number of nitrogens with zero attached hydrogens (tertiary/aromatic N) is 7. The molecule has 10 rings (SSSR count). The van der Waals surface area contributed by atoms with Crippen LogP contribution in [0.2, 0.25) is 0 Å². The van der Waals surface area contributed by atoms with Crippen LogP contribution in [0.15, 0.2) is 127 Å². The second-order valence-corrected chi connectivity index (χ2v) is 23.3. The summed E-state index contributed by atoms with van der Waals surface area (Å²) in [7, 11) is 4.60. The van der Waals surface area contributed by atoms with Gasteiger partial charge < -0.3 is 47.6 Å². The number of hydrogen-bond donors (Lipinski definition) is 3. The summed E-state index contributed by atoms with van der Waals surface area (Å²) in [4.78, 5) is 64.0. The van der Waals surface area contributed by atoms with Crippen LogP contribution in [0.1, 0.15) is 71.4 Å². The first-order valence-electron chi connectivity index (χ1n) is 26.4. The zero-order chi connectivity index (χ0) is 58.4. The summed E-state index contributed by atoms with van der Waals surface area (Å²) in [5.74, 6) is -0.157. The summed E-state index contributed by atoms with van der Waals surface area (Å²) < 4.78 is 82.5. The number of aromatic amines is 1. The van der Waals surface area contributed by atoms with Crippen LogP contribution in [-0.2, 0) is 54.7 Å². The Kier molecular flexibility index (Phi) is 18.1. The first kappa shape index (κ1) is 58.7. The molecular weight excluding hydrogens is 1130 g/mol. The molecule has 9 atom stereocenters. The highest BCUT2D eigenvalue weighted by molar-refractivity contribution is 8.07. The van der Waals surface area contributed by atoms with Crippen molar-refractivity contribution < 1.29 is 56.0 Å². The summed E-state index contributed by atoms with van der Waals surface area (Å²) >= 11 is 7.23. The predicted molar refractivity (Wildman–Crippen MR) is 308 cm³/mol. The van der Waals surface area contributed by atoms with E-state index in [0.29, 0.717) is 45.1 Å². The molecule has 0 radical (unpaired) electrons. The van der Waals surface area contributed by atoms with Crippen LogP contribution >= 0.6 is 18.3 Å². The molecule has 4 aromatic heterocycles. The highest BCUT2D eigenvalue weighted by atomic mass is 32.5. The number of imidazole rings is 1. The van der Waals surface area contributed by atoms with Crippen molar-refractivity contribution in [1.29, 1.82) is 0 Å². The molecule has 432 valence electrons. The first-order valence-corrected chi connectivity index (χ1v) is 29.7. The van der Waals surface area contributed by atoms with Gasteiger partial charge in [-0.05, 0) is 82.8 Å². The van der Waals surface area contributed by atoms with Crippen molar-refractivity contribution >= 4 is 75.8 Å². The van der Waals surface area contributed by atoms with Gasteiger partial charge in [-0.1, -0.05) is 93.6 Å². The van der Waals surface area contributed by atoms with Crippen LogP contribution in [0.3, 0.4) is 0 Å². The number of nitrogens with one attached hydrogen (secondary N) is 3. The minimum absolute atomic E-state index is 0.00583. The normalized spacial score (nSPS) is 21.4. The predicted octanol–water partition coefficient (Wildman–Crippen LogP) is 9.12. The highest BCUT2D eigenvalue weighted by Gasteiger charge is 2.55. The number of halogens is 1. The molecule has 0 saturated carbocycles. The average molecular weight is 1190 g/mol. The highest BCUT2D eigenvalue weighted by Crippen LogP contribution is 2.57. The molecule has 2 aliphatic heterocycles. The van der Waals surface area contributed by atoms with Gasteiger partial charge in [0.1, 0.15) is 66.1 Å². The number of hydrogen-bond acceptors (Lipinski definition) is 19. The Morgan fingerprint density at radius 1 is 0.843 bits per heavy atom. The number of carbonyl (C=O) groups excluding carboxylic acids is 2. The molecule has 2 aliphatic rings. The van der Waals surface area contributed by atoms with Gasteiger partial charge in [0.05, 0.1) is 38.1 Å². The lowest BCUT2D eigenvalue weighted by Gasteiger charge is -2.39. The number of H-pyrrole nitrogens is 1. The zero-order valence-electron chi connectivity index (χ0n) is 45.7. The Bertz CT molecular complexity index is 3680. The Balaban J connectivity index is 1.06. The molecule has 4 aromatic carbocycles. The first-order chi connectivity index (χ1) is 40.2. The summed E-state index contributed by atoms with van der Waals surface area (Å²) in [5.41, 5.74) is 0.375. The number of benzene rings is 4. The van der Waals surface area contributed by atoms with Crippen molar-refractivity contribution in [1.82, 2.24) is 33.9 Å². The van der Waals surface area contributed by atoms with Gasteiger partial charge in [-0.25, -0.2) is 30.9 Å². The van der Waals surface area contributed by atoms with Gasteiger partial charge in [0.15, 0.2) is 34.9 Å². The van der Waals surface area contributed by atoms with Crippen molar-refractivity contribution in [2.24, 2.45) is 5.92 Å². The maximum Gasteiger partial charge on any atom is 0.328 e. The number of anilines is 2. The van der Waals surface area contributed by atoms with E-state index < -0.39 is 85.3 Å². The largest absolute Gasteiger partial charge is 0.497 e. The molecule has 26 heteroatoms. The molecule has 6 heterocycles. The van der Waals surface area contributed by atoms with Crippen molar-refractivity contribution in [2.45, 2.75) is 81.8 Å². The number of ether oxygens (including phenoxy) is 6. The Morgan fingerprint density at radius 2 is 1.51 bits per heavy atom. The number of fused-ring (bicyclic) bond motifs is 2. The second kappa shape index (κ2) is 25.6. The van der Waals surface area contributed by atoms with Crippen molar-refractivity contribution in [2.75, 3.05) is 51.7 Å². The molecule has 0 bridgehead atoms. The number of rotatable bonds is 23. The Hall–Kier alpha value is -7.47. The van der Waals surface area contributed by atoms with Gasteiger partial charge in [-0.15, -0.1) is 0 Å². The fourth-order valence-corrected chi connectivity index (χ4v) is 12.9. The number of amides is 2. The van der Waals surface area contributed by atoms with E-state index in [9.17, 15) is 14.4 Å². The number of aromatic nitrogens is 7. The van der Waals surface area contributed by atoms with Crippen LogP contribution in [-0.4, -0.2) is 123 Å². The van der Waals surface area contributed by atoms with E-state index in [-0.39, 0.29) is 53.0 Å². The summed E-state index contributed by atoms with van der Waals surface area (Å²) in [6, 6.07) is 32.3. The molecule has 83 heavy (non-hydrogen) atoms. The molecule has 2 amide bonds. The molecular formula is C57H58FN10O12PS2. The fourth-order valence-electron chi connectivity index (χ4n) is 9.97. The molecule has 0 spiro atoms. The summed E-state index contributed by atoms with van der Waals surface area (Å²) in [6.07, 6.45) is -7.03. The molecule has 8 aromatic rings. The minimum atomic E-state index is -4.14. The quantitative estimate of drug-likeness (QED) is 0.0234. The molecule has 0 aliphatic carbocycles. The number of alkyl halides is 1. The van der Waals surface area contributed by atoms with Crippen LogP contribution in [0.4, 0.5) is 16.2 Å². The maximum absolute atomic E-state index is 18.6. The fraction of sp³-hybridized carbons (Fsp3) is 0.351. The molecule has 1 unspecified atom stereocenters. The number of carbonyl (C=O) groups is 2. The van der Waals surface area contributed by atoms with Gasteiger partial charge in [-0.3, -0.25) is 33.8 Å². The van der Waals surface area contributed by atoms with E-state index in [1.807, 2.05) is 61.5 Å². The zero-order valence-corrected chi connectivity index (χ0v) is 48.3. The standard InChI is InChI=1S/C57H58FN10O12PS2/c1-8-39-46(74-7)47(48(77-39)49-42-43(67-83-49)54(71)66-56(63-42)65-52(69)32(2)3)80-81(82,75-28-27-59-4)76-29-40-45(41(58)55(78-40)68-31-62-44-50(60-30-61-51(44)68)64-53(70)33-15-11-9-12-16-33)79-57(34-17-13-10-14-18-34,35-19-23-37(72-5)24-20-35)36-21-25-38(73-6)26-22-36/h9-26,30-32,39-41,45-48,55H,8,27-29H2,1-3,5-7H3,(H,60,61,64,70)(H2,63,65,66,69,71)/t39-,40-,41-,45-,46-,47-,48-,55-,81?/m1/s1. The van der Waals surface area contributed by atoms with Crippen molar-refractivity contribution in [3.05, 3.63) is 171 Å². The third kappa shape index (κ3) is 12.0. The second-order valence-electron chi connectivity index (χ2n) is 19.5. The average Bonchev–Trinajstić information content (AvgIpc) is 4.15. The third-order valence-electron chi connectivity index (χ3n) is 14.1. The van der Waals surface area contributed by atoms with Crippen LogP contribution in [0, 0.1) is 12.5 Å². The van der Waals surface area contributed by atoms with E-state index in [4.69, 9.17) is 60.4 Å². The van der Waals surface area contributed by atoms with Gasteiger partial charge >= 0.3 is 6.72 Å². The smallest absolute Gasteiger partial charge is 0.328 e. The van der Waals surface area contributed by atoms with E-state index >= 15 is 4.39 Å². The lowest BCUT2D eigenvalue weighted by atomic mass is 9.79. The van der Waals surface area contributed by atoms with Gasteiger partial charge in [0.25, 0.3) is 11.5 Å². The summed E-state index contributed by atoms with van der Waals surface area (Å²) in [6.45, 7) is 7.88. The van der Waals surface area contributed by atoms with Crippen LogP contribution < -0.4 is 25.7 Å². The van der Waals surface area contributed by atoms with E-state index in [2.05, 4.69) is 44.8 Å². The van der Waals surface area contributed by atoms with Gasteiger partial charge in [-0.2, -0.15) is 4.37 Å².